The van der Waals surface area contributed by atoms with Crippen LogP contribution in [-0.4, -0.2) is 25.1 Å². The van der Waals surface area contributed by atoms with Gasteiger partial charge >= 0.3 is 5.97 Å². The highest BCUT2D eigenvalue weighted by Gasteiger charge is 2.12. The quantitative estimate of drug-likeness (QED) is 0.430. The minimum absolute atomic E-state index is 0.0560. The van der Waals surface area contributed by atoms with Gasteiger partial charge in [-0.3, -0.25) is 4.79 Å². The van der Waals surface area contributed by atoms with E-state index in [1.54, 1.807) is 56.3 Å². The smallest absolute Gasteiger partial charge is 0.344 e. The molecule has 0 aliphatic rings. The zero-order valence-corrected chi connectivity index (χ0v) is 16.2. The van der Waals surface area contributed by atoms with E-state index in [-0.39, 0.29) is 12.2 Å². The summed E-state index contributed by atoms with van der Waals surface area (Å²) >= 11 is 6.05. The molecule has 144 valence electrons. The molecule has 1 amide bonds. The van der Waals surface area contributed by atoms with Gasteiger partial charge in [-0.25, -0.2) is 4.79 Å². The lowest BCUT2D eigenvalue weighted by Crippen LogP contribution is -2.14. The topological polar surface area (TPSA) is 88.4 Å². The van der Waals surface area contributed by atoms with E-state index in [4.69, 9.17) is 21.1 Å². The summed E-state index contributed by atoms with van der Waals surface area (Å²) in [5, 5.41) is 12.5. The van der Waals surface area contributed by atoms with Crippen molar-refractivity contribution in [2.75, 3.05) is 18.5 Å². The third-order valence-electron chi connectivity index (χ3n) is 3.73. The van der Waals surface area contributed by atoms with Crippen molar-refractivity contribution in [2.45, 2.75) is 13.8 Å². The Labute approximate surface area is 168 Å². The maximum Gasteiger partial charge on any atom is 0.344 e. The zero-order chi connectivity index (χ0) is 20.5. The number of ether oxygens (including phenoxy) is 2. The number of halogens is 1. The standard InChI is InChI=1S/C21H19ClN2O4/c1-3-27-20(25)13-28-17-9-7-15(8-10-17)11-16(12-23)21(26)24-19-6-4-5-18(22)14(19)2/h4-11H,3,13H2,1-2H3,(H,24,26)/b16-11+. The summed E-state index contributed by atoms with van der Waals surface area (Å²) in [6.07, 6.45) is 1.46. The average Bonchev–Trinajstić information content (AvgIpc) is 2.69. The predicted octanol–water partition coefficient (Wildman–Crippen LogP) is 4.14. The first-order valence-electron chi connectivity index (χ1n) is 8.51. The van der Waals surface area contributed by atoms with Crippen molar-refractivity contribution in [3.05, 3.63) is 64.2 Å². The molecule has 0 spiro atoms. The van der Waals surface area contributed by atoms with Crippen molar-refractivity contribution in [2.24, 2.45) is 0 Å². The molecule has 0 fully saturated rings. The van der Waals surface area contributed by atoms with Crippen LogP contribution in [0.1, 0.15) is 18.1 Å². The minimum atomic E-state index is -0.532. The van der Waals surface area contributed by atoms with Crippen LogP contribution in [0.15, 0.2) is 48.0 Å². The average molecular weight is 399 g/mol. The number of nitrogens with one attached hydrogen (secondary N) is 1. The zero-order valence-electron chi connectivity index (χ0n) is 15.5. The molecule has 0 aliphatic carbocycles. The van der Waals surface area contributed by atoms with Gasteiger partial charge in [0.2, 0.25) is 0 Å². The summed E-state index contributed by atoms with van der Waals surface area (Å²) in [6.45, 7) is 3.60. The van der Waals surface area contributed by atoms with Crippen LogP contribution in [0.2, 0.25) is 5.02 Å². The highest BCUT2D eigenvalue weighted by Crippen LogP contribution is 2.23. The first-order chi connectivity index (χ1) is 13.4. The summed E-state index contributed by atoms with van der Waals surface area (Å²) in [4.78, 5) is 23.7. The molecule has 0 bridgehead atoms. The fourth-order valence-electron chi connectivity index (χ4n) is 2.25. The van der Waals surface area contributed by atoms with E-state index in [1.807, 2.05) is 6.07 Å². The highest BCUT2D eigenvalue weighted by molar-refractivity contribution is 6.31. The van der Waals surface area contributed by atoms with Gasteiger partial charge in [0.25, 0.3) is 5.91 Å². The number of anilines is 1. The van der Waals surface area contributed by atoms with Crippen molar-refractivity contribution in [1.29, 1.82) is 5.26 Å². The summed E-state index contributed by atoms with van der Waals surface area (Å²) in [6, 6.07) is 13.7. The van der Waals surface area contributed by atoms with E-state index < -0.39 is 11.9 Å². The van der Waals surface area contributed by atoms with Gasteiger partial charge in [0.1, 0.15) is 17.4 Å². The molecule has 0 saturated heterocycles. The van der Waals surface area contributed by atoms with Gasteiger partial charge in [0.05, 0.1) is 6.61 Å². The van der Waals surface area contributed by atoms with Crippen LogP contribution in [0.25, 0.3) is 6.08 Å². The Morgan fingerprint density at radius 2 is 1.93 bits per heavy atom. The molecular weight excluding hydrogens is 380 g/mol. The number of nitrogens with zero attached hydrogens (tertiary/aromatic N) is 1. The van der Waals surface area contributed by atoms with Crippen molar-refractivity contribution in [1.82, 2.24) is 0 Å². The Kier molecular flexibility index (Phi) is 7.61. The van der Waals surface area contributed by atoms with E-state index in [0.717, 1.165) is 5.56 Å². The Morgan fingerprint density at radius 3 is 2.57 bits per heavy atom. The number of benzene rings is 2. The van der Waals surface area contributed by atoms with Gasteiger partial charge in [0, 0.05) is 10.7 Å². The number of hydrogen-bond donors (Lipinski definition) is 1. The van der Waals surface area contributed by atoms with Gasteiger partial charge in [-0.1, -0.05) is 29.8 Å². The van der Waals surface area contributed by atoms with Crippen LogP contribution in [0.4, 0.5) is 5.69 Å². The molecule has 2 rings (SSSR count). The number of carbonyl (C=O) groups excluding carboxylic acids is 2. The molecule has 0 saturated carbocycles. The van der Waals surface area contributed by atoms with Gasteiger partial charge in [0.15, 0.2) is 6.61 Å². The van der Waals surface area contributed by atoms with E-state index >= 15 is 0 Å². The maximum atomic E-state index is 12.4. The summed E-state index contributed by atoms with van der Waals surface area (Å²) in [5.41, 5.74) is 1.84. The van der Waals surface area contributed by atoms with Crippen LogP contribution in [0.3, 0.4) is 0 Å². The molecular formula is C21H19ClN2O4. The van der Waals surface area contributed by atoms with Gasteiger partial charge in [-0.15, -0.1) is 0 Å². The SMILES string of the molecule is CCOC(=O)COc1ccc(/C=C(\C#N)C(=O)Nc2cccc(Cl)c2C)cc1. The summed E-state index contributed by atoms with van der Waals surface area (Å²) in [5.74, 6) is -0.510. The van der Waals surface area contributed by atoms with E-state index in [1.165, 1.54) is 6.08 Å². The largest absolute Gasteiger partial charge is 0.482 e. The Morgan fingerprint density at radius 1 is 1.21 bits per heavy atom. The second-order valence-corrected chi connectivity index (χ2v) is 6.11. The number of rotatable bonds is 7. The molecule has 6 nitrogen and oxygen atoms in total. The van der Waals surface area contributed by atoms with Crippen LogP contribution in [0.5, 0.6) is 5.75 Å². The van der Waals surface area contributed by atoms with E-state index in [0.29, 0.717) is 28.6 Å². The molecule has 0 aliphatic heterocycles. The first-order valence-corrected chi connectivity index (χ1v) is 8.89. The molecule has 1 N–H and O–H groups in total. The molecule has 28 heavy (non-hydrogen) atoms. The molecule has 0 heterocycles. The molecule has 0 atom stereocenters. The number of hydrogen-bond acceptors (Lipinski definition) is 5. The molecule has 2 aromatic rings. The molecule has 7 heteroatoms. The molecule has 0 aromatic heterocycles. The van der Waals surface area contributed by atoms with Crippen molar-refractivity contribution in [3.63, 3.8) is 0 Å². The molecule has 2 aromatic carbocycles. The number of nitriles is 1. The Hall–Kier alpha value is -3.30. The highest BCUT2D eigenvalue weighted by atomic mass is 35.5. The van der Waals surface area contributed by atoms with Gasteiger partial charge in [-0.2, -0.15) is 5.26 Å². The predicted molar refractivity (Wildman–Crippen MR) is 107 cm³/mol. The van der Waals surface area contributed by atoms with Crippen molar-refractivity contribution in [3.8, 4) is 11.8 Å². The Balaban J connectivity index is 2.07. The van der Waals surface area contributed by atoms with Crippen LogP contribution in [0, 0.1) is 18.3 Å². The lowest BCUT2D eigenvalue weighted by Gasteiger charge is -2.09. The molecule has 0 radical (unpaired) electrons. The maximum absolute atomic E-state index is 12.4. The normalized spacial score (nSPS) is 10.7. The third-order valence-corrected chi connectivity index (χ3v) is 4.14. The van der Waals surface area contributed by atoms with E-state index in [9.17, 15) is 14.9 Å². The van der Waals surface area contributed by atoms with E-state index in [2.05, 4.69) is 5.32 Å². The van der Waals surface area contributed by atoms with Crippen LogP contribution >= 0.6 is 11.6 Å². The number of carbonyl (C=O) groups is 2. The third kappa shape index (κ3) is 5.86. The Bertz CT molecular complexity index is 930. The van der Waals surface area contributed by atoms with Crippen LogP contribution < -0.4 is 10.1 Å². The monoisotopic (exact) mass is 398 g/mol. The van der Waals surface area contributed by atoms with Gasteiger partial charge < -0.3 is 14.8 Å². The fourth-order valence-corrected chi connectivity index (χ4v) is 2.43. The number of amides is 1. The second-order valence-electron chi connectivity index (χ2n) is 5.70. The fraction of sp³-hybridized carbons (Fsp3) is 0.190. The number of esters is 1. The second kappa shape index (κ2) is 10.1. The van der Waals surface area contributed by atoms with Crippen molar-refractivity contribution < 1.29 is 19.1 Å². The van der Waals surface area contributed by atoms with Crippen LogP contribution in [-0.2, 0) is 14.3 Å². The minimum Gasteiger partial charge on any atom is -0.482 e. The summed E-state index contributed by atoms with van der Waals surface area (Å²) < 4.78 is 10.1. The first kappa shape index (κ1) is 21.0. The molecule has 0 unspecified atom stereocenters. The lowest BCUT2D eigenvalue weighted by molar-refractivity contribution is -0.145. The lowest BCUT2D eigenvalue weighted by atomic mass is 10.1. The summed E-state index contributed by atoms with van der Waals surface area (Å²) in [7, 11) is 0. The van der Waals surface area contributed by atoms with Crippen molar-refractivity contribution >= 4 is 35.2 Å². The van der Waals surface area contributed by atoms with Gasteiger partial charge in [-0.05, 0) is 55.3 Å².